The molecule has 2 heterocycles. The predicted molar refractivity (Wildman–Crippen MR) is 127 cm³/mol. The molecule has 0 saturated carbocycles. The Morgan fingerprint density at radius 1 is 1.06 bits per heavy atom. The molecule has 180 valence electrons. The third-order valence-corrected chi connectivity index (χ3v) is 6.12. The summed E-state index contributed by atoms with van der Waals surface area (Å²) >= 11 is 0. The highest BCUT2D eigenvalue weighted by atomic mass is 16.5. The molecule has 0 unspecified atom stereocenters. The molecule has 1 N–H and O–H groups in total. The summed E-state index contributed by atoms with van der Waals surface area (Å²) in [5, 5.41) is 7.04. The van der Waals surface area contributed by atoms with E-state index in [0.29, 0.717) is 37.7 Å². The van der Waals surface area contributed by atoms with Crippen molar-refractivity contribution < 1.29 is 23.5 Å². The number of nitrogens with zero attached hydrogens (tertiary/aromatic N) is 2. The molecule has 1 fully saturated rings. The van der Waals surface area contributed by atoms with Gasteiger partial charge in [-0.2, -0.15) is 0 Å². The second-order valence-electron chi connectivity index (χ2n) is 8.26. The van der Waals surface area contributed by atoms with Crippen molar-refractivity contribution in [2.45, 2.75) is 26.5 Å². The number of ether oxygens (including phenoxy) is 3. The van der Waals surface area contributed by atoms with Crippen molar-refractivity contribution in [2.24, 2.45) is 0 Å². The highest BCUT2D eigenvalue weighted by molar-refractivity contribution is 5.94. The maximum absolute atomic E-state index is 12.9. The predicted octanol–water partition coefficient (Wildman–Crippen LogP) is 3.68. The van der Waals surface area contributed by atoms with E-state index in [0.717, 1.165) is 41.4 Å². The molecule has 34 heavy (non-hydrogen) atoms. The molecule has 1 atom stereocenters. The van der Waals surface area contributed by atoms with Gasteiger partial charge in [0.05, 0.1) is 37.6 Å². The first-order valence-corrected chi connectivity index (χ1v) is 11.4. The highest BCUT2D eigenvalue weighted by Gasteiger charge is 2.23. The Morgan fingerprint density at radius 3 is 2.35 bits per heavy atom. The van der Waals surface area contributed by atoms with Gasteiger partial charge in [-0.1, -0.05) is 17.3 Å². The number of carbonyl (C=O) groups excluding carboxylic acids is 1. The summed E-state index contributed by atoms with van der Waals surface area (Å²) < 4.78 is 21.8. The van der Waals surface area contributed by atoms with E-state index in [9.17, 15) is 4.79 Å². The van der Waals surface area contributed by atoms with Crippen LogP contribution in [0.1, 0.15) is 39.0 Å². The van der Waals surface area contributed by atoms with E-state index < -0.39 is 0 Å². The zero-order chi connectivity index (χ0) is 23.9. The van der Waals surface area contributed by atoms with Crippen LogP contribution in [0.2, 0.25) is 0 Å². The minimum absolute atomic E-state index is 0.0522. The SMILES string of the molecule is COc1ccc([C@H](CNC(=O)c2ccc(OCc3c(C)noc3C)cc2)N2CCOCC2)cc1. The van der Waals surface area contributed by atoms with E-state index in [1.54, 1.807) is 31.4 Å². The van der Waals surface area contributed by atoms with Gasteiger partial charge in [-0.25, -0.2) is 0 Å². The van der Waals surface area contributed by atoms with Crippen molar-refractivity contribution in [3.63, 3.8) is 0 Å². The number of aryl methyl sites for hydroxylation is 2. The van der Waals surface area contributed by atoms with Crippen LogP contribution in [0.4, 0.5) is 0 Å². The number of rotatable bonds is 9. The molecule has 1 aromatic heterocycles. The first-order valence-electron chi connectivity index (χ1n) is 11.4. The number of hydrogen-bond donors (Lipinski definition) is 1. The van der Waals surface area contributed by atoms with Gasteiger partial charge >= 0.3 is 0 Å². The van der Waals surface area contributed by atoms with Crippen molar-refractivity contribution in [3.8, 4) is 11.5 Å². The fraction of sp³-hybridized carbons (Fsp3) is 0.385. The summed E-state index contributed by atoms with van der Waals surface area (Å²) in [4.78, 5) is 15.2. The van der Waals surface area contributed by atoms with Crippen LogP contribution in [0.25, 0.3) is 0 Å². The van der Waals surface area contributed by atoms with E-state index in [-0.39, 0.29) is 11.9 Å². The third kappa shape index (κ3) is 5.76. The molecular weight excluding hydrogens is 434 g/mol. The molecule has 1 amide bonds. The fourth-order valence-electron chi connectivity index (χ4n) is 4.03. The van der Waals surface area contributed by atoms with Crippen LogP contribution in [0.3, 0.4) is 0 Å². The van der Waals surface area contributed by atoms with Gasteiger partial charge in [-0.15, -0.1) is 0 Å². The molecule has 8 nitrogen and oxygen atoms in total. The summed E-state index contributed by atoms with van der Waals surface area (Å²) in [7, 11) is 1.65. The molecule has 3 aromatic rings. The highest BCUT2D eigenvalue weighted by Crippen LogP contribution is 2.24. The first kappa shape index (κ1) is 23.8. The van der Waals surface area contributed by atoms with Crippen LogP contribution < -0.4 is 14.8 Å². The lowest BCUT2D eigenvalue weighted by Gasteiger charge is -2.35. The molecule has 4 rings (SSSR count). The Balaban J connectivity index is 1.37. The Morgan fingerprint density at radius 2 is 1.74 bits per heavy atom. The first-order chi connectivity index (χ1) is 16.5. The van der Waals surface area contributed by atoms with Gasteiger partial charge < -0.3 is 24.1 Å². The summed E-state index contributed by atoms with van der Waals surface area (Å²) in [5.41, 5.74) is 3.47. The van der Waals surface area contributed by atoms with E-state index in [1.807, 2.05) is 26.0 Å². The van der Waals surface area contributed by atoms with Crippen LogP contribution in [-0.4, -0.2) is 55.9 Å². The zero-order valence-electron chi connectivity index (χ0n) is 19.9. The Bertz CT molecular complexity index is 1050. The monoisotopic (exact) mass is 465 g/mol. The largest absolute Gasteiger partial charge is 0.497 e. The standard InChI is InChI=1S/C26H31N3O5/c1-18-24(19(2)34-28-18)17-33-23-10-6-21(7-11-23)26(30)27-16-25(29-12-14-32-15-13-29)20-4-8-22(31-3)9-5-20/h4-11,25H,12-17H2,1-3H3,(H,27,30)/t25-/m0/s1. The maximum atomic E-state index is 12.9. The lowest BCUT2D eigenvalue weighted by atomic mass is 10.0. The maximum Gasteiger partial charge on any atom is 0.251 e. The average Bonchev–Trinajstić information content (AvgIpc) is 3.21. The minimum atomic E-state index is -0.121. The second kappa shape index (κ2) is 11.2. The number of nitrogens with one attached hydrogen (secondary N) is 1. The van der Waals surface area contributed by atoms with Crippen LogP contribution in [0.15, 0.2) is 53.1 Å². The molecule has 0 radical (unpaired) electrons. The van der Waals surface area contributed by atoms with Gasteiger partial charge in [0.15, 0.2) is 0 Å². The van der Waals surface area contributed by atoms with Crippen molar-refractivity contribution in [2.75, 3.05) is 40.0 Å². The number of methoxy groups -OCH3 is 1. The number of carbonyl (C=O) groups is 1. The van der Waals surface area contributed by atoms with Gasteiger partial charge in [-0.05, 0) is 55.8 Å². The number of benzene rings is 2. The van der Waals surface area contributed by atoms with E-state index >= 15 is 0 Å². The van der Waals surface area contributed by atoms with Gasteiger partial charge in [0.2, 0.25) is 0 Å². The Labute approximate surface area is 199 Å². The second-order valence-corrected chi connectivity index (χ2v) is 8.26. The van der Waals surface area contributed by atoms with E-state index in [1.165, 1.54) is 0 Å². The molecular formula is C26H31N3O5. The van der Waals surface area contributed by atoms with Crippen LogP contribution in [0, 0.1) is 13.8 Å². The Hall–Kier alpha value is -3.36. The normalized spacial score (nSPS) is 15.0. The summed E-state index contributed by atoms with van der Waals surface area (Å²) in [6.07, 6.45) is 0. The molecule has 0 spiro atoms. The number of morpholine rings is 1. The van der Waals surface area contributed by atoms with Crippen molar-refractivity contribution >= 4 is 5.91 Å². The Kier molecular flexibility index (Phi) is 7.82. The molecule has 0 aliphatic carbocycles. The number of amides is 1. The lowest BCUT2D eigenvalue weighted by molar-refractivity contribution is 0.0162. The van der Waals surface area contributed by atoms with E-state index in [4.69, 9.17) is 18.7 Å². The lowest BCUT2D eigenvalue weighted by Crippen LogP contribution is -2.43. The number of aromatic nitrogens is 1. The quantitative estimate of drug-likeness (QED) is 0.516. The van der Waals surface area contributed by atoms with Crippen LogP contribution in [-0.2, 0) is 11.3 Å². The molecule has 8 heteroatoms. The average molecular weight is 466 g/mol. The molecule has 1 aliphatic rings. The topological polar surface area (TPSA) is 86.1 Å². The fourth-order valence-corrected chi connectivity index (χ4v) is 4.03. The third-order valence-electron chi connectivity index (χ3n) is 6.12. The summed E-state index contributed by atoms with van der Waals surface area (Å²) in [6, 6.07) is 15.2. The van der Waals surface area contributed by atoms with Crippen molar-refractivity contribution in [1.29, 1.82) is 0 Å². The summed E-state index contributed by atoms with van der Waals surface area (Å²) in [5.74, 6) is 2.12. The minimum Gasteiger partial charge on any atom is -0.497 e. The van der Waals surface area contributed by atoms with E-state index in [2.05, 4.69) is 27.5 Å². The molecule has 0 bridgehead atoms. The van der Waals surface area contributed by atoms with Gasteiger partial charge in [0.25, 0.3) is 5.91 Å². The van der Waals surface area contributed by atoms with Crippen molar-refractivity contribution in [1.82, 2.24) is 15.4 Å². The molecule has 2 aromatic carbocycles. The van der Waals surface area contributed by atoms with Gasteiger partial charge in [0.1, 0.15) is 23.9 Å². The van der Waals surface area contributed by atoms with Crippen LogP contribution >= 0.6 is 0 Å². The number of hydrogen-bond acceptors (Lipinski definition) is 7. The van der Waals surface area contributed by atoms with Gasteiger partial charge in [-0.3, -0.25) is 9.69 Å². The van der Waals surface area contributed by atoms with Gasteiger partial charge in [0, 0.05) is 25.2 Å². The smallest absolute Gasteiger partial charge is 0.251 e. The van der Waals surface area contributed by atoms with Crippen LogP contribution in [0.5, 0.6) is 11.5 Å². The molecule has 1 saturated heterocycles. The van der Waals surface area contributed by atoms with Crippen molar-refractivity contribution in [3.05, 3.63) is 76.7 Å². The molecule has 1 aliphatic heterocycles. The summed E-state index contributed by atoms with van der Waals surface area (Å²) in [6.45, 7) is 7.64. The zero-order valence-corrected chi connectivity index (χ0v) is 19.9.